The summed E-state index contributed by atoms with van der Waals surface area (Å²) in [4.78, 5) is 10.3. The molecule has 0 bridgehead atoms. The first-order chi connectivity index (χ1) is 14.0. The van der Waals surface area contributed by atoms with Gasteiger partial charge in [-0.3, -0.25) is 10.1 Å². The van der Waals surface area contributed by atoms with E-state index in [4.69, 9.17) is 20.4 Å². The molecule has 0 radical (unpaired) electrons. The van der Waals surface area contributed by atoms with E-state index in [0.29, 0.717) is 27.6 Å². The number of rotatable bonds is 6. The Morgan fingerprint density at radius 1 is 1.00 bits per heavy atom. The van der Waals surface area contributed by atoms with Crippen LogP contribution >= 0.6 is 23.4 Å². The molecule has 0 aliphatic rings. The van der Waals surface area contributed by atoms with Crippen molar-refractivity contribution in [2.45, 2.75) is 17.4 Å². The molecule has 4 rings (SSSR count). The van der Waals surface area contributed by atoms with Crippen molar-refractivity contribution in [2.24, 2.45) is 0 Å². The van der Waals surface area contributed by atoms with Crippen molar-refractivity contribution in [1.29, 1.82) is 0 Å². The maximum Gasteiger partial charge on any atom is 0.277 e. The number of thioether (sulfide) groups is 1. The third-order valence-electron chi connectivity index (χ3n) is 3.87. The van der Waals surface area contributed by atoms with Gasteiger partial charge in [-0.25, -0.2) is 0 Å². The van der Waals surface area contributed by atoms with Gasteiger partial charge >= 0.3 is 0 Å². The van der Waals surface area contributed by atoms with Gasteiger partial charge in [0.15, 0.2) is 0 Å². The average Bonchev–Trinajstić information content (AvgIpc) is 3.38. The second kappa shape index (κ2) is 8.02. The summed E-state index contributed by atoms with van der Waals surface area (Å²) in [6, 6.07) is 13.0. The van der Waals surface area contributed by atoms with Crippen LogP contribution in [0.1, 0.15) is 18.1 Å². The summed E-state index contributed by atoms with van der Waals surface area (Å²) in [5.41, 5.74) is 1.31. The second-order valence-electron chi connectivity index (χ2n) is 5.89. The number of nitrogens with zero attached hydrogens (tertiary/aromatic N) is 5. The summed E-state index contributed by atoms with van der Waals surface area (Å²) in [7, 11) is 0. The summed E-state index contributed by atoms with van der Waals surface area (Å²) in [6.07, 6.45) is 0. The van der Waals surface area contributed by atoms with Crippen molar-refractivity contribution in [3.63, 3.8) is 0 Å². The van der Waals surface area contributed by atoms with E-state index in [1.807, 2.05) is 13.0 Å². The lowest BCUT2D eigenvalue weighted by atomic mass is 10.2. The highest BCUT2D eigenvalue weighted by Gasteiger charge is 2.20. The van der Waals surface area contributed by atoms with Gasteiger partial charge in [0.2, 0.25) is 17.7 Å². The number of aromatic nitrogens is 4. The molecule has 146 valence electrons. The van der Waals surface area contributed by atoms with Gasteiger partial charge in [0.05, 0.1) is 10.2 Å². The lowest BCUT2D eigenvalue weighted by Gasteiger charge is -2.01. The largest absolute Gasteiger partial charge is 0.419 e. The van der Waals surface area contributed by atoms with E-state index in [0.717, 1.165) is 5.56 Å². The molecule has 2 aromatic heterocycles. The molecule has 2 aromatic carbocycles. The SMILES string of the molecule is CC(Sc1nnc(-c2cccc(Cl)c2)o1)c1nnc(-c2ccc([N+](=O)[O-])cc2)o1. The summed E-state index contributed by atoms with van der Waals surface area (Å²) in [5, 5.41) is 27.5. The summed E-state index contributed by atoms with van der Waals surface area (Å²) in [5.74, 6) is 0.998. The molecule has 0 fully saturated rings. The van der Waals surface area contributed by atoms with E-state index < -0.39 is 4.92 Å². The van der Waals surface area contributed by atoms with Crippen molar-refractivity contribution in [2.75, 3.05) is 0 Å². The number of nitro groups is 1. The molecule has 0 amide bonds. The lowest BCUT2D eigenvalue weighted by Crippen LogP contribution is -1.88. The average molecular weight is 430 g/mol. The Balaban J connectivity index is 1.47. The van der Waals surface area contributed by atoms with Crippen LogP contribution in [-0.4, -0.2) is 25.3 Å². The third kappa shape index (κ3) is 4.28. The van der Waals surface area contributed by atoms with Gasteiger partial charge < -0.3 is 8.83 Å². The fraction of sp³-hybridized carbons (Fsp3) is 0.111. The van der Waals surface area contributed by atoms with Crippen LogP contribution in [0.4, 0.5) is 5.69 Å². The predicted octanol–water partition coefficient (Wildman–Crippen LogP) is 5.20. The van der Waals surface area contributed by atoms with E-state index in [9.17, 15) is 10.1 Å². The quantitative estimate of drug-likeness (QED) is 0.231. The van der Waals surface area contributed by atoms with Gasteiger partial charge in [0, 0.05) is 28.3 Å². The molecule has 29 heavy (non-hydrogen) atoms. The van der Waals surface area contributed by atoms with Crippen molar-refractivity contribution in [3.8, 4) is 22.9 Å². The van der Waals surface area contributed by atoms with Gasteiger partial charge in [-0.05, 0) is 37.3 Å². The van der Waals surface area contributed by atoms with Crippen molar-refractivity contribution < 1.29 is 13.8 Å². The first-order valence-corrected chi connectivity index (χ1v) is 9.59. The Morgan fingerprint density at radius 3 is 2.45 bits per heavy atom. The van der Waals surface area contributed by atoms with E-state index in [1.165, 1.54) is 23.9 Å². The lowest BCUT2D eigenvalue weighted by molar-refractivity contribution is -0.384. The zero-order chi connectivity index (χ0) is 20.4. The molecule has 11 heteroatoms. The normalized spacial score (nSPS) is 12.1. The molecular formula is C18H12ClN5O4S. The number of hydrogen-bond donors (Lipinski definition) is 0. The van der Waals surface area contributed by atoms with Crippen LogP contribution in [0.25, 0.3) is 22.9 Å². The molecule has 4 aromatic rings. The number of nitro benzene ring substituents is 1. The first-order valence-electron chi connectivity index (χ1n) is 8.34. The third-order valence-corrected chi connectivity index (χ3v) is 5.03. The molecule has 0 aliphatic carbocycles. The van der Waals surface area contributed by atoms with Crippen LogP contribution in [-0.2, 0) is 0 Å². The highest BCUT2D eigenvalue weighted by atomic mass is 35.5. The Labute approximate surface area is 173 Å². The van der Waals surface area contributed by atoms with Crippen LogP contribution in [0.5, 0.6) is 0 Å². The molecule has 1 unspecified atom stereocenters. The van der Waals surface area contributed by atoms with Crippen LogP contribution in [0.2, 0.25) is 5.02 Å². The van der Waals surface area contributed by atoms with Gasteiger partial charge in [0.25, 0.3) is 10.9 Å². The molecule has 0 saturated heterocycles. The van der Waals surface area contributed by atoms with Gasteiger partial charge in [-0.1, -0.05) is 29.4 Å². The zero-order valence-corrected chi connectivity index (χ0v) is 16.4. The maximum atomic E-state index is 10.7. The molecule has 2 heterocycles. The first kappa shape index (κ1) is 19.1. The fourth-order valence-corrected chi connectivity index (χ4v) is 3.34. The van der Waals surface area contributed by atoms with Crippen LogP contribution in [0.3, 0.4) is 0 Å². The zero-order valence-electron chi connectivity index (χ0n) is 14.9. The molecule has 1 atom stereocenters. The van der Waals surface area contributed by atoms with E-state index in [1.54, 1.807) is 30.3 Å². The van der Waals surface area contributed by atoms with Crippen LogP contribution < -0.4 is 0 Å². The highest BCUT2D eigenvalue weighted by molar-refractivity contribution is 7.99. The van der Waals surface area contributed by atoms with Crippen molar-refractivity contribution in [1.82, 2.24) is 20.4 Å². The minimum atomic E-state index is -0.468. The Kier molecular flexibility index (Phi) is 5.28. The Bertz CT molecular complexity index is 1160. The molecule has 9 nitrogen and oxygen atoms in total. The van der Waals surface area contributed by atoms with E-state index in [-0.39, 0.29) is 16.8 Å². The minimum Gasteiger partial charge on any atom is -0.419 e. The van der Waals surface area contributed by atoms with Gasteiger partial charge in [-0.15, -0.1) is 20.4 Å². The number of non-ortho nitro benzene ring substituents is 1. The number of hydrogen-bond acceptors (Lipinski definition) is 9. The molecule has 0 spiro atoms. The van der Waals surface area contributed by atoms with Crippen LogP contribution in [0, 0.1) is 10.1 Å². The fourth-order valence-electron chi connectivity index (χ4n) is 2.44. The van der Waals surface area contributed by atoms with Crippen molar-refractivity contribution in [3.05, 3.63) is 69.6 Å². The van der Waals surface area contributed by atoms with E-state index >= 15 is 0 Å². The Morgan fingerprint density at radius 2 is 1.72 bits per heavy atom. The molecular weight excluding hydrogens is 418 g/mol. The predicted molar refractivity (Wildman–Crippen MR) is 105 cm³/mol. The molecule has 0 N–H and O–H groups in total. The monoisotopic (exact) mass is 429 g/mol. The van der Waals surface area contributed by atoms with Gasteiger partial charge in [-0.2, -0.15) is 0 Å². The minimum absolute atomic E-state index is 0.00989. The van der Waals surface area contributed by atoms with Gasteiger partial charge in [0.1, 0.15) is 0 Å². The van der Waals surface area contributed by atoms with Crippen LogP contribution in [0.15, 0.2) is 62.6 Å². The number of benzene rings is 2. The summed E-state index contributed by atoms with van der Waals surface area (Å²) in [6.45, 7) is 1.86. The maximum absolute atomic E-state index is 10.7. The van der Waals surface area contributed by atoms with Crippen molar-refractivity contribution >= 4 is 29.1 Å². The molecule has 0 saturated carbocycles. The highest BCUT2D eigenvalue weighted by Crippen LogP contribution is 2.35. The second-order valence-corrected chi connectivity index (χ2v) is 7.62. The number of halogens is 1. The molecule has 0 aliphatic heterocycles. The summed E-state index contributed by atoms with van der Waals surface area (Å²) >= 11 is 7.26. The smallest absolute Gasteiger partial charge is 0.277 e. The standard InChI is InChI=1S/C18H12ClN5O4S/c1-10(29-18-23-22-17(28-18)12-3-2-4-13(19)9-12)15-20-21-16(27-15)11-5-7-14(8-6-11)24(25)26/h2-10H,1H3. The Hall–Kier alpha value is -3.24. The topological polar surface area (TPSA) is 121 Å². The summed E-state index contributed by atoms with van der Waals surface area (Å²) < 4.78 is 11.4. The van der Waals surface area contributed by atoms with E-state index in [2.05, 4.69) is 20.4 Å².